The monoisotopic (exact) mass is 316 g/mol. The molecule has 0 bridgehead atoms. The van der Waals surface area contributed by atoms with E-state index in [1.807, 2.05) is 6.08 Å². The van der Waals surface area contributed by atoms with Crippen molar-refractivity contribution in [1.29, 1.82) is 0 Å². The van der Waals surface area contributed by atoms with E-state index in [2.05, 4.69) is 13.0 Å². The third kappa shape index (κ3) is 2.08. The molecule has 2 N–H and O–H groups in total. The molecule has 2 saturated carbocycles. The number of carbonyl (C=O) groups is 1. The van der Waals surface area contributed by atoms with Crippen LogP contribution < -0.4 is 0 Å². The van der Waals surface area contributed by atoms with Gasteiger partial charge in [-0.15, -0.1) is 0 Å². The van der Waals surface area contributed by atoms with Crippen LogP contribution in [0.4, 0.5) is 0 Å². The van der Waals surface area contributed by atoms with Crippen molar-refractivity contribution in [3.05, 3.63) is 23.3 Å². The van der Waals surface area contributed by atoms with Crippen molar-refractivity contribution in [2.24, 2.45) is 28.6 Å². The zero-order valence-electron chi connectivity index (χ0n) is 14.1. The summed E-state index contributed by atoms with van der Waals surface area (Å²) in [6.45, 7) is 2.73. The number of rotatable bonds is 2. The Hall–Kier alpha value is -1.09. The lowest BCUT2D eigenvalue weighted by atomic mass is 9.48. The van der Waals surface area contributed by atoms with Crippen molar-refractivity contribution < 1.29 is 15.0 Å². The number of allylic oxidation sites excluding steroid dienone is 3. The molecule has 0 unspecified atom stereocenters. The number of carboxylic acids is 1. The Morgan fingerprint density at radius 1 is 1.26 bits per heavy atom. The first-order valence-electron chi connectivity index (χ1n) is 9.25. The van der Waals surface area contributed by atoms with Crippen molar-refractivity contribution in [2.75, 3.05) is 6.61 Å². The number of hydrogen-bond acceptors (Lipinski definition) is 2. The van der Waals surface area contributed by atoms with Crippen molar-refractivity contribution >= 4 is 5.97 Å². The van der Waals surface area contributed by atoms with Gasteiger partial charge < -0.3 is 10.2 Å². The van der Waals surface area contributed by atoms with E-state index in [1.54, 1.807) is 0 Å². The van der Waals surface area contributed by atoms with Crippen molar-refractivity contribution in [3.8, 4) is 0 Å². The van der Waals surface area contributed by atoms with E-state index in [-0.39, 0.29) is 10.8 Å². The fourth-order valence-electron chi connectivity index (χ4n) is 6.56. The maximum Gasteiger partial charge on any atom is 0.331 e. The predicted molar refractivity (Wildman–Crippen MR) is 88.8 cm³/mol. The summed E-state index contributed by atoms with van der Waals surface area (Å²) in [7, 11) is 0. The van der Waals surface area contributed by atoms with Gasteiger partial charge in [0.1, 0.15) is 0 Å². The van der Waals surface area contributed by atoms with Gasteiger partial charge in [-0.2, -0.15) is 0 Å². The van der Waals surface area contributed by atoms with Gasteiger partial charge in [-0.1, -0.05) is 19.4 Å². The Morgan fingerprint density at radius 3 is 2.83 bits per heavy atom. The van der Waals surface area contributed by atoms with E-state index in [0.29, 0.717) is 36.4 Å². The molecule has 0 aromatic carbocycles. The molecule has 4 aliphatic rings. The first-order valence-corrected chi connectivity index (χ1v) is 9.25. The normalized spacial score (nSPS) is 45.4. The zero-order valence-corrected chi connectivity index (χ0v) is 14.1. The highest BCUT2D eigenvalue weighted by molar-refractivity contribution is 5.87. The molecule has 0 spiro atoms. The average Bonchev–Trinajstić information content (AvgIpc) is 2.98. The molecule has 0 aromatic heterocycles. The summed E-state index contributed by atoms with van der Waals surface area (Å²) in [5.74, 6) is 1.27. The fourth-order valence-corrected chi connectivity index (χ4v) is 6.56. The van der Waals surface area contributed by atoms with Gasteiger partial charge in [-0.05, 0) is 85.2 Å². The van der Waals surface area contributed by atoms with Crippen LogP contribution in [0.1, 0.15) is 58.3 Å². The molecule has 4 rings (SSSR count). The molecule has 126 valence electrons. The zero-order chi connectivity index (χ0) is 16.2. The van der Waals surface area contributed by atoms with Gasteiger partial charge in [0.2, 0.25) is 0 Å². The molecular formula is C20H28O3. The molecule has 2 fully saturated rings. The first-order chi connectivity index (χ1) is 11.0. The minimum absolute atomic E-state index is 0.145. The van der Waals surface area contributed by atoms with Crippen LogP contribution in [-0.2, 0) is 4.79 Å². The minimum Gasteiger partial charge on any atom is -0.478 e. The summed E-state index contributed by atoms with van der Waals surface area (Å²) < 4.78 is 0. The highest BCUT2D eigenvalue weighted by Gasteiger charge is 2.56. The number of aliphatic hydroxyl groups excluding tert-OH is 1. The Balaban J connectivity index is 1.69. The number of hydrogen-bond donors (Lipinski definition) is 2. The molecule has 0 aromatic rings. The Morgan fingerprint density at radius 2 is 2.09 bits per heavy atom. The largest absolute Gasteiger partial charge is 0.478 e. The summed E-state index contributed by atoms with van der Waals surface area (Å²) in [6.07, 6.45) is 13.1. The molecule has 23 heavy (non-hydrogen) atoms. The maximum absolute atomic E-state index is 11.3. The van der Waals surface area contributed by atoms with Gasteiger partial charge in [-0.3, -0.25) is 0 Å². The van der Waals surface area contributed by atoms with E-state index in [9.17, 15) is 15.0 Å². The average molecular weight is 316 g/mol. The maximum atomic E-state index is 11.3. The van der Waals surface area contributed by atoms with Gasteiger partial charge in [0.25, 0.3) is 0 Å². The van der Waals surface area contributed by atoms with E-state index < -0.39 is 5.97 Å². The second-order valence-electron chi connectivity index (χ2n) is 8.62. The van der Waals surface area contributed by atoms with Gasteiger partial charge in [0.15, 0.2) is 0 Å². The van der Waals surface area contributed by atoms with Crippen LogP contribution in [0, 0.1) is 28.6 Å². The van der Waals surface area contributed by atoms with E-state index in [0.717, 1.165) is 19.3 Å². The standard InChI is InChI=1S/C20H28O3/c1-19-9-6-13(18(22)23)11-14(19)4-5-15-16(19)7-10-20(12-21)8-2-3-17(15)20/h4,11,15-17,21H,2-3,5-10,12H2,1H3,(H,22,23)/t15-,16+,17+,19+,20+/m1/s1. The Bertz CT molecular complexity index is 590. The van der Waals surface area contributed by atoms with Crippen molar-refractivity contribution in [1.82, 2.24) is 0 Å². The van der Waals surface area contributed by atoms with Crippen LogP contribution in [0.3, 0.4) is 0 Å². The van der Waals surface area contributed by atoms with Crippen LogP contribution in [0.25, 0.3) is 0 Å². The van der Waals surface area contributed by atoms with E-state index in [4.69, 9.17) is 0 Å². The Kier molecular flexibility index (Phi) is 3.49. The first kappa shape index (κ1) is 15.4. The number of fused-ring (bicyclic) bond motifs is 5. The van der Waals surface area contributed by atoms with Gasteiger partial charge in [0, 0.05) is 12.2 Å². The molecular weight excluding hydrogens is 288 g/mol. The van der Waals surface area contributed by atoms with Crippen LogP contribution >= 0.6 is 0 Å². The molecule has 0 saturated heterocycles. The number of aliphatic carboxylic acids is 1. The lowest BCUT2D eigenvalue weighted by molar-refractivity contribution is -0.133. The molecule has 3 nitrogen and oxygen atoms in total. The van der Waals surface area contributed by atoms with Gasteiger partial charge in [-0.25, -0.2) is 4.79 Å². The van der Waals surface area contributed by atoms with Gasteiger partial charge in [0.05, 0.1) is 0 Å². The van der Waals surface area contributed by atoms with Crippen molar-refractivity contribution in [2.45, 2.75) is 58.3 Å². The van der Waals surface area contributed by atoms with E-state index >= 15 is 0 Å². The molecule has 0 radical (unpaired) electrons. The summed E-state index contributed by atoms with van der Waals surface area (Å²) in [5, 5.41) is 19.4. The fraction of sp³-hybridized carbons (Fsp3) is 0.750. The second kappa shape index (κ2) is 5.20. The quantitative estimate of drug-likeness (QED) is 0.811. The van der Waals surface area contributed by atoms with Gasteiger partial charge >= 0.3 is 5.97 Å². The molecule has 0 aliphatic heterocycles. The van der Waals surface area contributed by atoms with E-state index in [1.165, 1.54) is 31.3 Å². The summed E-state index contributed by atoms with van der Waals surface area (Å²) in [6, 6.07) is 0. The molecule has 3 heteroatoms. The number of carboxylic acid groups (broad SMARTS) is 1. The third-order valence-electron chi connectivity index (χ3n) is 7.88. The third-order valence-corrected chi connectivity index (χ3v) is 7.88. The SMILES string of the molecule is C[C@]12CCC(C(=O)O)=CC1=CC[C@H]1[C@@H]3CCC[C@@]3(CO)CC[C@@H]12. The molecule has 5 atom stereocenters. The highest BCUT2D eigenvalue weighted by Crippen LogP contribution is 2.64. The van der Waals surface area contributed by atoms with Crippen LogP contribution in [0.5, 0.6) is 0 Å². The summed E-state index contributed by atoms with van der Waals surface area (Å²) >= 11 is 0. The molecule has 4 aliphatic carbocycles. The highest BCUT2D eigenvalue weighted by atomic mass is 16.4. The van der Waals surface area contributed by atoms with Crippen molar-refractivity contribution in [3.63, 3.8) is 0 Å². The predicted octanol–water partition coefficient (Wildman–Crippen LogP) is 3.93. The smallest absolute Gasteiger partial charge is 0.331 e. The molecule has 0 heterocycles. The Labute approximate surface area is 138 Å². The van der Waals surface area contributed by atoms with Crippen LogP contribution in [0.15, 0.2) is 23.3 Å². The lowest BCUT2D eigenvalue weighted by Gasteiger charge is -2.56. The summed E-state index contributed by atoms with van der Waals surface area (Å²) in [4.78, 5) is 11.3. The minimum atomic E-state index is -0.756. The lowest BCUT2D eigenvalue weighted by Crippen LogP contribution is -2.49. The topological polar surface area (TPSA) is 57.5 Å². The van der Waals surface area contributed by atoms with Crippen LogP contribution in [-0.4, -0.2) is 22.8 Å². The van der Waals surface area contributed by atoms with Crippen LogP contribution in [0.2, 0.25) is 0 Å². The number of aliphatic hydroxyl groups is 1. The molecule has 0 amide bonds. The summed E-state index contributed by atoms with van der Waals surface area (Å²) in [5.41, 5.74) is 2.19. The second-order valence-corrected chi connectivity index (χ2v) is 8.62.